The summed E-state index contributed by atoms with van der Waals surface area (Å²) in [4.78, 5) is 20.1. The SMILES string of the molecule is O=C(/C=C/c1ccc(Cl)cc1)Nc1ccc(Cl)c(-c2nc3ccccc3[nH]2)c1. The van der Waals surface area contributed by atoms with Crippen molar-refractivity contribution in [3.05, 3.63) is 88.4 Å². The molecule has 1 amide bonds. The van der Waals surface area contributed by atoms with Gasteiger partial charge in [0.25, 0.3) is 0 Å². The molecule has 3 aromatic carbocycles. The van der Waals surface area contributed by atoms with Gasteiger partial charge in [-0.25, -0.2) is 4.98 Å². The predicted molar refractivity (Wildman–Crippen MR) is 116 cm³/mol. The molecule has 0 aliphatic rings. The Labute approximate surface area is 171 Å². The van der Waals surface area contributed by atoms with Crippen molar-refractivity contribution in [1.29, 1.82) is 0 Å². The molecule has 2 N–H and O–H groups in total. The van der Waals surface area contributed by atoms with Crippen molar-refractivity contribution in [2.45, 2.75) is 0 Å². The predicted octanol–water partition coefficient (Wildman–Crippen LogP) is 6.19. The van der Waals surface area contributed by atoms with E-state index in [4.69, 9.17) is 23.2 Å². The molecule has 0 saturated heterocycles. The summed E-state index contributed by atoms with van der Waals surface area (Å²) in [5, 5.41) is 4.05. The molecule has 0 aliphatic carbocycles. The van der Waals surface area contributed by atoms with Gasteiger partial charge in [-0.05, 0) is 54.1 Å². The van der Waals surface area contributed by atoms with Crippen molar-refractivity contribution in [2.75, 3.05) is 5.32 Å². The maximum Gasteiger partial charge on any atom is 0.248 e. The van der Waals surface area contributed by atoms with Crippen molar-refractivity contribution in [3.63, 3.8) is 0 Å². The molecule has 6 heteroatoms. The zero-order valence-electron chi connectivity index (χ0n) is 14.6. The van der Waals surface area contributed by atoms with E-state index in [9.17, 15) is 4.79 Å². The number of fused-ring (bicyclic) bond motifs is 1. The average Bonchev–Trinajstić information content (AvgIpc) is 3.13. The molecule has 0 unspecified atom stereocenters. The molecule has 0 aliphatic heterocycles. The van der Waals surface area contributed by atoms with Gasteiger partial charge >= 0.3 is 0 Å². The van der Waals surface area contributed by atoms with Crippen molar-refractivity contribution in [1.82, 2.24) is 9.97 Å². The van der Waals surface area contributed by atoms with Crippen LogP contribution in [0.3, 0.4) is 0 Å². The van der Waals surface area contributed by atoms with E-state index >= 15 is 0 Å². The Bertz CT molecular complexity index is 1150. The van der Waals surface area contributed by atoms with Crippen LogP contribution in [0.15, 0.2) is 72.8 Å². The third kappa shape index (κ3) is 4.09. The molecule has 0 bridgehead atoms. The van der Waals surface area contributed by atoms with Gasteiger partial charge < -0.3 is 10.3 Å². The minimum absolute atomic E-state index is 0.243. The number of hydrogen-bond acceptors (Lipinski definition) is 2. The van der Waals surface area contributed by atoms with Gasteiger partial charge in [0.1, 0.15) is 5.82 Å². The van der Waals surface area contributed by atoms with Crippen molar-refractivity contribution < 1.29 is 4.79 Å². The second-order valence-corrected chi connectivity index (χ2v) is 7.01. The van der Waals surface area contributed by atoms with Gasteiger partial charge in [0.2, 0.25) is 5.91 Å². The highest BCUT2D eigenvalue weighted by Gasteiger charge is 2.10. The van der Waals surface area contributed by atoms with Gasteiger partial charge in [-0.15, -0.1) is 0 Å². The van der Waals surface area contributed by atoms with E-state index in [2.05, 4.69) is 15.3 Å². The number of benzene rings is 3. The maximum atomic E-state index is 12.2. The highest BCUT2D eigenvalue weighted by atomic mass is 35.5. The normalized spacial score (nSPS) is 11.2. The smallest absolute Gasteiger partial charge is 0.248 e. The molecule has 0 saturated carbocycles. The molecule has 4 aromatic rings. The van der Waals surface area contributed by atoms with E-state index < -0.39 is 0 Å². The Hall–Kier alpha value is -3.08. The van der Waals surface area contributed by atoms with Crippen molar-refractivity contribution in [2.24, 2.45) is 0 Å². The molecule has 0 fully saturated rings. The molecular formula is C22H15Cl2N3O. The number of nitrogens with zero attached hydrogens (tertiary/aromatic N) is 1. The van der Waals surface area contributed by atoms with E-state index in [1.54, 1.807) is 36.4 Å². The molecule has 0 atom stereocenters. The van der Waals surface area contributed by atoms with Gasteiger partial charge in [0.15, 0.2) is 0 Å². The summed E-state index contributed by atoms with van der Waals surface area (Å²) < 4.78 is 0. The second-order valence-electron chi connectivity index (χ2n) is 6.17. The van der Waals surface area contributed by atoms with E-state index in [-0.39, 0.29) is 5.91 Å². The zero-order valence-corrected chi connectivity index (χ0v) is 16.1. The van der Waals surface area contributed by atoms with E-state index in [1.807, 2.05) is 36.4 Å². The first-order chi connectivity index (χ1) is 13.6. The van der Waals surface area contributed by atoms with Crippen LogP contribution in [-0.4, -0.2) is 15.9 Å². The third-order valence-electron chi connectivity index (χ3n) is 4.18. The Morgan fingerprint density at radius 3 is 2.57 bits per heavy atom. The summed E-state index contributed by atoms with van der Waals surface area (Å²) in [6, 6.07) is 20.3. The molecule has 0 spiro atoms. The first kappa shape index (κ1) is 18.3. The molecule has 28 heavy (non-hydrogen) atoms. The molecule has 1 aromatic heterocycles. The minimum atomic E-state index is -0.243. The maximum absolute atomic E-state index is 12.2. The monoisotopic (exact) mass is 407 g/mol. The number of carbonyl (C=O) groups excluding carboxylic acids is 1. The molecule has 0 radical (unpaired) electrons. The average molecular weight is 408 g/mol. The first-order valence-corrected chi connectivity index (χ1v) is 9.33. The highest BCUT2D eigenvalue weighted by Crippen LogP contribution is 2.30. The standard InChI is InChI=1S/C22H15Cl2N3O/c23-15-8-5-14(6-9-15)7-12-21(28)25-16-10-11-18(24)17(13-16)22-26-19-3-1-2-4-20(19)27-22/h1-13H,(H,25,28)(H,26,27)/b12-7+. The van der Waals surface area contributed by atoms with Crippen LogP contribution in [0.1, 0.15) is 5.56 Å². The van der Waals surface area contributed by atoms with Crippen LogP contribution >= 0.6 is 23.2 Å². The number of anilines is 1. The fourth-order valence-corrected chi connectivity index (χ4v) is 3.13. The lowest BCUT2D eigenvalue weighted by atomic mass is 10.2. The Balaban J connectivity index is 1.55. The summed E-state index contributed by atoms with van der Waals surface area (Å²) >= 11 is 12.2. The second kappa shape index (κ2) is 7.89. The quantitative estimate of drug-likeness (QED) is 0.396. The number of halogens is 2. The Morgan fingerprint density at radius 1 is 1.00 bits per heavy atom. The van der Waals surface area contributed by atoms with Gasteiger partial charge in [0, 0.05) is 22.3 Å². The van der Waals surface area contributed by atoms with Crippen molar-refractivity contribution in [3.8, 4) is 11.4 Å². The number of aromatic amines is 1. The van der Waals surface area contributed by atoms with Gasteiger partial charge in [0.05, 0.1) is 16.1 Å². The first-order valence-electron chi connectivity index (χ1n) is 8.58. The van der Waals surface area contributed by atoms with E-state index in [0.29, 0.717) is 21.6 Å². The van der Waals surface area contributed by atoms with Crippen LogP contribution in [0, 0.1) is 0 Å². The van der Waals surface area contributed by atoms with Crippen LogP contribution in [0.4, 0.5) is 5.69 Å². The highest BCUT2D eigenvalue weighted by molar-refractivity contribution is 6.33. The van der Waals surface area contributed by atoms with Crippen LogP contribution in [0.25, 0.3) is 28.5 Å². The van der Waals surface area contributed by atoms with Gasteiger partial charge in [-0.2, -0.15) is 0 Å². The lowest BCUT2D eigenvalue weighted by molar-refractivity contribution is -0.111. The molecular weight excluding hydrogens is 393 g/mol. The molecule has 4 rings (SSSR count). The van der Waals surface area contributed by atoms with Gasteiger partial charge in [-0.3, -0.25) is 4.79 Å². The summed E-state index contributed by atoms with van der Waals surface area (Å²) in [6.07, 6.45) is 3.19. The summed E-state index contributed by atoms with van der Waals surface area (Å²) in [6.45, 7) is 0. The molecule has 4 nitrogen and oxygen atoms in total. The minimum Gasteiger partial charge on any atom is -0.338 e. The largest absolute Gasteiger partial charge is 0.338 e. The number of carbonyl (C=O) groups is 1. The van der Waals surface area contributed by atoms with Crippen LogP contribution in [-0.2, 0) is 4.79 Å². The number of para-hydroxylation sites is 2. The van der Waals surface area contributed by atoms with Crippen LogP contribution in [0.2, 0.25) is 10.0 Å². The lowest BCUT2D eigenvalue weighted by Gasteiger charge is -2.06. The fraction of sp³-hybridized carbons (Fsp3) is 0. The number of H-pyrrole nitrogens is 1. The van der Waals surface area contributed by atoms with Crippen LogP contribution in [0.5, 0.6) is 0 Å². The summed E-state index contributed by atoms with van der Waals surface area (Å²) in [5.41, 5.74) is 4.02. The summed E-state index contributed by atoms with van der Waals surface area (Å²) in [7, 11) is 0. The van der Waals surface area contributed by atoms with Gasteiger partial charge in [-0.1, -0.05) is 47.5 Å². The topological polar surface area (TPSA) is 57.8 Å². The zero-order chi connectivity index (χ0) is 19.5. The number of nitrogens with one attached hydrogen (secondary N) is 2. The van der Waals surface area contributed by atoms with Crippen LogP contribution < -0.4 is 5.32 Å². The van der Waals surface area contributed by atoms with E-state index in [0.717, 1.165) is 22.2 Å². The number of rotatable bonds is 4. The third-order valence-corrected chi connectivity index (χ3v) is 4.76. The Morgan fingerprint density at radius 2 is 1.79 bits per heavy atom. The molecule has 138 valence electrons. The number of hydrogen-bond donors (Lipinski definition) is 2. The summed E-state index contributed by atoms with van der Waals surface area (Å²) in [5.74, 6) is 0.409. The van der Waals surface area contributed by atoms with Crippen molar-refractivity contribution >= 4 is 51.9 Å². The molecule has 1 heterocycles. The lowest BCUT2D eigenvalue weighted by Crippen LogP contribution is -2.07. The number of aromatic nitrogens is 2. The Kier molecular flexibility index (Phi) is 5.15. The fourth-order valence-electron chi connectivity index (χ4n) is 2.79. The van der Waals surface area contributed by atoms with E-state index in [1.165, 1.54) is 6.08 Å². The number of imidazole rings is 1. The number of amides is 1.